The summed E-state index contributed by atoms with van der Waals surface area (Å²) in [5.41, 5.74) is 0.491. The Hall–Kier alpha value is -1.35. The SMILES string of the molecule is CC(C)(C(=O)N1CCCCCC1CO)c1ccccc1. The van der Waals surface area contributed by atoms with E-state index in [1.807, 2.05) is 49.1 Å². The zero-order valence-electron chi connectivity index (χ0n) is 12.5. The van der Waals surface area contributed by atoms with Crippen LogP contribution in [0.25, 0.3) is 0 Å². The molecule has 1 aromatic rings. The van der Waals surface area contributed by atoms with Gasteiger partial charge in [0.2, 0.25) is 5.91 Å². The summed E-state index contributed by atoms with van der Waals surface area (Å²) in [6, 6.07) is 9.89. The van der Waals surface area contributed by atoms with E-state index in [1.165, 1.54) is 0 Å². The van der Waals surface area contributed by atoms with E-state index in [4.69, 9.17) is 0 Å². The van der Waals surface area contributed by atoms with Gasteiger partial charge in [0.1, 0.15) is 0 Å². The lowest BCUT2D eigenvalue weighted by Gasteiger charge is -2.36. The molecule has 20 heavy (non-hydrogen) atoms. The number of carbonyl (C=O) groups is 1. The number of hydrogen-bond donors (Lipinski definition) is 1. The van der Waals surface area contributed by atoms with Gasteiger partial charge in [-0.25, -0.2) is 0 Å². The van der Waals surface area contributed by atoms with E-state index in [1.54, 1.807) is 0 Å². The van der Waals surface area contributed by atoms with Crippen molar-refractivity contribution in [3.63, 3.8) is 0 Å². The van der Waals surface area contributed by atoms with Gasteiger partial charge in [0.25, 0.3) is 0 Å². The first kappa shape index (κ1) is 15.0. The zero-order valence-corrected chi connectivity index (χ0v) is 12.5. The molecule has 0 aliphatic carbocycles. The fourth-order valence-corrected chi connectivity index (χ4v) is 2.97. The molecule has 1 atom stereocenters. The van der Waals surface area contributed by atoms with Crippen LogP contribution in [-0.4, -0.2) is 35.1 Å². The number of aliphatic hydroxyl groups is 1. The maximum atomic E-state index is 13.0. The van der Waals surface area contributed by atoms with Crippen LogP contribution in [0.2, 0.25) is 0 Å². The van der Waals surface area contributed by atoms with Gasteiger partial charge in [0.15, 0.2) is 0 Å². The number of benzene rings is 1. The summed E-state index contributed by atoms with van der Waals surface area (Å²) < 4.78 is 0. The van der Waals surface area contributed by atoms with Crippen molar-refractivity contribution in [2.45, 2.75) is 51.0 Å². The van der Waals surface area contributed by atoms with Crippen LogP contribution in [0.3, 0.4) is 0 Å². The Morgan fingerprint density at radius 1 is 1.25 bits per heavy atom. The van der Waals surface area contributed by atoms with Gasteiger partial charge in [-0.1, -0.05) is 43.2 Å². The quantitative estimate of drug-likeness (QED) is 0.921. The minimum Gasteiger partial charge on any atom is -0.394 e. The molecule has 110 valence electrons. The van der Waals surface area contributed by atoms with Crippen LogP contribution in [-0.2, 0) is 10.2 Å². The minimum absolute atomic E-state index is 0.0204. The highest BCUT2D eigenvalue weighted by Crippen LogP contribution is 2.28. The third-order valence-corrected chi connectivity index (χ3v) is 4.38. The molecule has 0 spiro atoms. The Morgan fingerprint density at radius 3 is 2.60 bits per heavy atom. The Labute approximate surface area is 121 Å². The second-order valence-electron chi connectivity index (χ2n) is 6.18. The van der Waals surface area contributed by atoms with Gasteiger partial charge >= 0.3 is 0 Å². The fraction of sp³-hybridized carbons (Fsp3) is 0.588. The summed E-state index contributed by atoms with van der Waals surface area (Å²) in [6.07, 6.45) is 4.19. The van der Waals surface area contributed by atoms with Crippen molar-refractivity contribution in [2.24, 2.45) is 0 Å². The van der Waals surface area contributed by atoms with Crippen LogP contribution < -0.4 is 0 Å². The lowest BCUT2D eigenvalue weighted by molar-refractivity contribution is -0.139. The minimum atomic E-state index is -0.543. The van der Waals surface area contributed by atoms with E-state index in [0.717, 1.165) is 37.8 Å². The molecule has 0 aromatic heterocycles. The van der Waals surface area contributed by atoms with Crippen molar-refractivity contribution in [3.8, 4) is 0 Å². The molecule has 1 heterocycles. The van der Waals surface area contributed by atoms with Gasteiger partial charge in [-0.3, -0.25) is 4.79 Å². The first-order valence-electron chi connectivity index (χ1n) is 7.55. The Morgan fingerprint density at radius 2 is 1.95 bits per heavy atom. The summed E-state index contributed by atoms with van der Waals surface area (Å²) in [5.74, 6) is 0.129. The molecule has 1 amide bonds. The van der Waals surface area contributed by atoms with Crippen LogP contribution in [0.4, 0.5) is 0 Å². The third kappa shape index (κ3) is 3.04. The largest absolute Gasteiger partial charge is 0.394 e. The van der Waals surface area contributed by atoms with Gasteiger partial charge in [-0.15, -0.1) is 0 Å². The Bertz CT molecular complexity index is 442. The first-order valence-corrected chi connectivity index (χ1v) is 7.55. The predicted octanol–water partition coefficient (Wildman–Crippen LogP) is 2.73. The summed E-state index contributed by atoms with van der Waals surface area (Å²) in [4.78, 5) is 14.9. The van der Waals surface area contributed by atoms with Crippen LogP contribution in [0.15, 0.2) is 30.3 Å². The highest BCUT2D eigenvalue weighted by molar-refractivity contribution is 5.87. The Kier molecular flexibility index (Phi) is 4.81. The molecule has 1 aromatic carbocycles. The smallest absolute Gasteiger partial charge is 0.232 e. The maximum Gasteiger partial charge on any atom is 0.232 e. The zero-order chi connectivity index (χ0) is 14.6. The molecule has 1 N–H and O–H groups in total. The molecule has 0 saturated carbocycles. The molecule has 3 nitrogen and oxygen atoms in total. The number of carbonyl (C=O) groups excluding carboxylic acids is 1. The van der Waals surface area contributed by atoms with E-state index < -0.39 is 5.41 Å². The van der Waals surface area contributed by atoms with Crippen molar-refractivity contribution in [1.82, 2.24) is 4.90 Å². The number of rotatable bonds is 3. The van der Waals surface area contributed by atoms with Crippen LogP contribution in [0, 0.1) is 0 Å². The normalized spacial score (nSPS) is 20.6. The average Bonchev–Trinajstić information content (AvgIpc) is 2.72. The van der Waals surface area contributed by atoms with Crippen LogP contribution in [0.1, 0.15) is 45.1 Å². The number of aliphatic hydroxyl groups excluding tert-OH is 1. The predicted molar refractivity (Wildman–Crippen MR) is 80.5 cm³/mol. The van der Waals surface area contributed by atoms with E-state index in [0.29, 0.717) is 0 Å². The number of nitrogens with zero attached hydrogens (tertiary/aromatic N) is 1. The van der Waals surface area contributed by atoms with E-state index in [9.17, 15) is 9.90 Å². The molecule has 1 unspecified atom stereocenters. The van der Waals surface area contributed by atoms with Crippen molar-refractivity contribution < 1.29 is 9.90 Å². The molecule has 0 radical (unpaired) electrons. The second-order valence-corrected chi connectivity index (χ2v) is 6.18. The standard InChI is InChI=1S/C17H25NO2/c1-17(2,14-9-5-3-6-10-14)16(20)18-12-8-4-7-11-15(18)13-19/h3,5-6,9-10,15,19H,4,7-8,11-13H2,1-2H3. The maximum absolute atomic E-state index is 13.0. The van der Waals surface area contributed by atoms with Gasteiger partial charge in [0.05, 0.1) is 18.1 Å². The van der Waals surface area contributed by atoms with Crippen LogP contribution in [0.5, 0.6) is 0 Å². The highest BCUT2D eigenvalue weighted by atomic mass is 16.3. The average molecular weight is 275 g/mol. The van der Waals surface area contributed by atoms with E-state index in [2.05, 4.69) is 0 Å². The first-order chi connectivity index (χ1) is 9.57. The fourth-order valence-electron chi connectivity index (χ4n) is 2.97. The lowest BCUT2D eigenvalue weighted by Crippen LogP contribution is -2.49. The van der Waals surface area contributed by atoms with Gasteiger partial charge in [0, 0.05) is 6.54 Å². The molecule has 1 saturated heterocycles. The van der Waals surface area contributed by atoms with E-state index >= 15 is 0 Å². The number of hydrogen-bond acceptors (Lipinski definition) is 2. The third-order valence-electron chi connectivity index (χ3n) is 4.38. The van der Waals surface area contributed by atoms with Gasteiger partial charge in [-0.2, -0.15) is 0 Å². The monoisotopic (exact) mass is 275 g/mol. The second kappa shape index (κ2) is 6.40. The van der Waals surface area contributed by atoms with Crippen molar-refractivity contribution in [1.29, 1.82) is 0 Å². The molecule has 3 heteroatoms. The van der Waals surface area contributed by atoms with E-state index in [-0.39, 0.29) is 18.6 Å². The molecule has 1 aliphatic rings. The Balaban J connectivity index is 2.24. The summed E-state index contributed by atoms with van der Waals surface area (Å²) in [6.45, 7) is 4.78. The topological polar surface area (TPSA) is 40.5 Å². The number of amides is 1. The molecular formula is C17H25NO2. The van der Waals surface area contributed by atoms with Gasteiger partial charge in [-0.05, 0) is 32.3 Å². The highest BCUT2D eigenvalue weighted by Gasteiger charge is 2.36. The molecule has 1 fully saturated rings. The molecule has 1 aliphatic heterocycles. The van der Waals surface area contributed by atoms with Crippen molar-refractivity contribution in [2.75, 3.05) is 13.2 Å². The molecular weight excluding hydrogens is 250 g/mol. The summed E-state index contributed by atoms with van der Waals surface area (Å²) in [7, 11) is 0. The summed E-state index contributed by atoms with van der Waals surface area (Å²) >= 11 is 0. The summed E-state index contributed by atoms with van der Waals surface area (Å²) in [5, 5.41) is 9.58. The van der Waals surface area contributed by atoms with Crippen molar-refractivity contribution >= 4 is 5.91 Å². The van der Waals surface area contributed by atoms with Crippen molar-refractivity contribution in [3.05, 3.63) is 35.9 Å². The molecule has 2 rings (SSSR count). The van der Waals surface area contributed by atoms with Gasteiger partial charge < -0.3 is 10.0 Å². The van der Waals surface area contributed by atoms with Crippen LogP contribution >= 0.6 is 0 Å². The lowest BCUT2D eigenvalue weighted by atomic mass is 9.82. The number of likely N-dealkylation sites (tertiary alicyclic amines) is 1. The molecule has 0 bridgehead atoms.